The molecule has 0 rings (SSSR count). The van der Waals surface area contributed by atoms with E-state index in [1.165, 1.54) is 0 Å². The lowest BCUT2D eigenvalue weighted by Crippen LogP contribution is -2.33. The van der Waals surface area contributed by atoms with Gasteiger partial charge >= 0.3 is 0 Å². The summed E-state index contributed by atoms with van der Waals surface area (Å²) in [5, 5.41) is 11.9. The first kappa shape index (κ1) is 14.4. The number of rotatable bonds is 9. The van der Waals surface area contributed by atoms with E-state index < -0.39 is 0 Å². The number of ether oxygens (including phenoxy) is 2. The fourth-order valence-electron chi connectivity index (χ4n) is 1.00. The van der Waals surface area contributed by atoms with Crippen LogP contribution >= 0.6 is 0 Å². The molecule has 1 N–H and O–H groups in total. The molecule has 0 spiro atoms. The predicted octanol–water partition coefficient (Wildman–Crippen LogP) is 1.32. The van der Waals surface area contributed by atoms with Crippen LogP contribution in [0.15, 0.2) is 0 Å². The van der Waals surface area contributed by atoms with E-state index in [4.69, 9.17) is 14.7 Å². The van der Waals surface area contributed by atoms with Crippen LogP contribution in [0, 0.1) is 11.3 Å². The summed E-state index contributed by atoms with van der Waals surface area (Å²) in [5.74, 6) is 0. The van der Waals surface area contributed by atoms with Crippen molar-refractivity contribution in [1.82, 2.24) is 5.32 Å². The van der Waals surface area contributed by atoms with Crippen LogP contribution in [0.2, 0.25) is 0 Å². The molecule has 0 saturated heterocycles. The minimum Gasteiger partial charge on any atom is -0.376 e. The molecule has 15 heavy (non-hydrogen) atoms. The van der Waals surface area contributed by atoms with Gasteiger partial charge in [0.1, 0.15) is 6.04 Å². The van der Waals surface area contributed by atoms with Crippen LogP contribution in [0.25, 0.3) is 0 Å². The van der Waals surface area contributed by atoms with E-state index in [2.05, 4.69) is 18.3 Å². The second-order valence-electron chi connectivity index (χ2n) is 3.63. The summed E-state index contributed by atoms with van der Waals surface area (Å²) in [6, 6.07) is 1.95. The zero-order chi connectivity index (χ0) is 11.5. The molecule has 0 aromatic rings. The van der Waals surface area contributed by atoms with Gasteiger partial charge in [-0.05, 0) is 26.8 Å². The third kappa shape index (κ3) is 9.67. The van der Waals surface area contributed by atoms with Gasteiger partial charge in [0.05, 0.1) is 32.0 Å². The van der Waals surface area contributed by atoms with Gasteiger partial charge in [0.15, 0.2) is 0 Å². The van der Waals surface area contributed by atoms with Gasteiger partial charge in [-0.1, -0.05) is 6.92 Å². The fourth-order valence-corrected chi connectivity index (χ4v) is 1.00. The van der Waals surface area contributed by atoms with Gasteiger partial charge in [0.2, 0.25) is 0 Å². The van der Waals surface area contributed by atoms with E-state index in [0.29, 0.717) is 19.8 Å². The van der Waals surface area contributed by atoms with Gasteiger partial charge in [-0.25, -0.2) is 0 Å². The van der Waals surface area contributed by atoms with Gasteiger partial charge in [0.25, 0.3) is 0 Å². The van der Waals surface area contributed by atoms with Crippen molar-refractivity contribution >= 4 is 0 Å². The van der Waals surface area contributed by atoms with E-state index in [-0.39, 0.29) is 12.1 Å². The van der Waals surface area contributed by atoms with Crippen LogP contribution in [0.5, 0.6) is 0 Å². The predicted molar refractivity (Wildman–Crippen MR) is 59.6 cm³/mol. The molecule has 0 aromatic heterocycles. The van der Waals surface area contributed by atoms with Crippen LogP contribution in [0.4, 0.5) is 0 Å². The molecule has 0 radical (unpaired) electrons. The third-order valence-electron chi connectivity index (χ3n) is 1.76. The Labute approximate surface area is 92.6 Å². The highest BCUT2D eigenvalue weighted by molar-refractivity contribution is 4.89. The molecule has 0 saturated carbocycles. The summed E-state index contributed by atoms with van der Waals surface area (Å²) in [5.41, 5.74) is 0. The summed E-state index contributed by atoms with van der Waals surface area (Å²) in [7, 11) is 0. The lowest BCUT2D eigenvalue weighted by atomic mass is 10.3. The average molecular weight is 214 g/mol. The summed E-state index contributed by atoms with van der Waals surface area (Å²) in [6.07, 6.45) is 1.26. The molecule has 0 bridgehead atoms. The lowest BCUT2D eigenvalue weighted by molar-refractivity contribution is 0.0171. The van der Waals surface area contributed by atoms with Crippen LogP contribution in [-0.4, -0.2) is 38.5 Å². The maximum Gasteiger partial charge on any atom is 0.119 e. The van der Waals surface area contributed by atoms with Crippen LogP contribution < -0.4 is 5.32 Å². The number of nitriles is 1. The Morgan fingerprint density at radius 1 is 1.33 bits per heavy atom. The van der Waals surface area contributed by atoms with E-state index in [0.717, 1.165) is 13.0 Å². The average Bonchev–Trinajstić information content (AvgIpc) is 2.21. The Balaban J connectivity index is 3.35. The van der Waals surface area contributed by atoms with Crippen molar-refractivity contribution in [1.29, 1.82) is 5.26 Å². The second-order valence-corrected chi connectivity index (χ2v) is 3.63. The van der Waals surface area contributed by atoms with E-state index in [1.807, 2.05) is 13.8 Å². The number of hydrogen-bond acceptors (Lipinski definition) is 4. The normalized spacial score (nSPS) is 12.7. The summed E-state index contributed by atoms with van der Waals surface area (Å²) in [4.78, 5) is 0. The Morgan fingerprint density at radius 2 is 2.07 bits per heavy atom. The van der Waals surface area contributed by atoms with Gasteiger partial charge in [0, 0.05) is 0 Å². The Bertz CT molecular complexity index is 178. The quantitative estimate of drug-likeness (QED) is 0.588. The summed E-state index contributed by atoms with van der Waals surface area (Å²) in [6.45, 7) is 8.45. The molecule has 0 fully saturated rings. The summed E-state index contributed by atoms with van der Waals surface area (Å²) < 4.78 is 10.6. The second kappa shape index (κ2) is 9.91. The molecule has 0 aromatic carbocycles. The zero-order valence-electron chi connectivity index (χ0n) is 9.95. The number of nitrogens with zero attached hydrogens (tertiary/aromatic N) is 1. The SMILES string of the molecule is CCCNC(C#N)COCCOC(C)C. The summed E-state index contributed by atoms with van der Waals surface area (Å²) >= 11 is 0. The van der Waals surface area contributed by atoms with Crippen molar-refractivity contribution in [2.75, 3.05) is 26.4 Å². The van der Waals surface area contributed by atoms with Crippen LogP contribution in [0.1, 0.15) is 27.2 Å². The first-order chi connectivity index (χ1) is 7.20. The smallest absolute Gasteiger partial charge is 0.119 e. The monoisotopic (exact) mass is 214 g/mol. The minimum absolute atomic E-state index is 0.205. The van der Waals surface area contributed by atoms with Crippen LogP contribution in [-0.2, 0) is 9.47 Å². The molecule has 1 unspecified atom stereocenters. The zero-order valence-corrected chi connectivity index (χ0v) is 9.95. The lowest BCUT2D eigenvalue weighted by Gasteiger charge is -2.12. The largest absolute Gasteiger partial charge is 0.376 e. The molecule has 0 heterocycles. The molecular formula is C11H22N2O2. The molecular weight excluding hydrogens is 192 g/mol. The molecule has 4 nitrogen and oxygen atoms in total. The Kier molecular flexibility index (Phi) is 9.49. The van der Waals surface area contributed by atoms with Crippen LogP contribution in [0.3, 0.4) is 0 Å². The minimum atomic E-state index is -0.205. The van der Waals surface area contributed by atoms with Gasteiger partial charge in [-0.15, -0.1) is 0 Å². The van der Waals surface area contributed by atoms with Crippen molar-refractivity contribution in [3.8, 4) is 6.07 Å². The van der Waals surface area contributed by atoms with Gasteiger partial charge < -0.3 is 14.8 Å². The van der Waals surface area contributed by atoms with E-state index in [1.54, 1.807) is 0 Å². The maximum absolute atomic E-state index is 8.77. The molecule has 88 valence electrons. The first-order valence-corrected chi connectivity index (χ1v) is 5.53. The van der Waals surface area contributed by atoms with Crippen molar-refractivity contribution in [2.45, 2.75) is 39.3 Å². The highest BCUT2D eigenvalue weighted by atomic mass is 16.5. The van der Waals surface area contributed by atoms with Gasteiger partial charge in [-0.2, -0.15) is 5.26 Å². The molecule has 0 aliphatic heterocycles. The number of nitrogens with one attached hydrogen (secondary N) is 1. The van der Waals surface area contributed by atoms with Crippen molar-refractivity contribution in [2.24, 2.45) is 0 Å². The molecule has 1 atom stereocenters. The standard InChI is InChI=1S/C11H22N2O2/c1-4-5-13-11(8-12)9-14-6-7-15-10(2)3/h10-11,13H,4-7,9H2,1-3H3. The van der Waals surface area contributed by atoms with Crippen molar-refractivity contribution < 1.29 is 9.47 Å². The Morgan fingerprint density at radius 3 is 2.60 bits per heavy atom. The van der Waals surface area contributed by atoms with E-state index in [9.17, 15) is 0 Å². The first-order valence-electron chi connectivity index (χ1n) is 5.53. The Hall–Kier alpha value is -0.630. The highest BCUT2D eigenvalue weighted by Gasteiger charge is 2.05. The van der Waals surface area contributed by atoms with E-state index >= 15 is 0 Å². The fraction of sp³-hybridized carbons (Fsp3) is 0.909. The molecule has 0 amide bonds. The maximum atomic E-state index is 8.77. The molecule has 0 aliphatic carbocycles. The highest BCUT2D eigenvalue weighted by Crippen LogP contribution is 1.89. The van der Waals surface area contributed by atoms with Crippen molar-refractivity contribution in [3.05, 3.63) is 0 Å². The number of hydrogen-bond donors (Lipinski definition) is 1. The third-order valence-corrected chi connectivity index (χ3v) is 1.76. The topological polar surface area (TPSA) is 54.3 Å². The molecule has 4 heteroatoms. The van der Waals surface area contributed by atoms with Crippen molar-refractivity contribution in [3.63, 3.8) is 0 Å². The van der Waals surface area contributed by atoms with Gasteiger partial charge in [-0.3, -0.25) is 0 Å². The molecule has 0 aliphatic rings.